The van der Waals surface area contributed by atoms with Gasteiger partial charge in [-0.1, -0.05) is 0 Å². The van der Waals surface area contributed by atoms with Crippen molar-refractivity contribution in [2.45, 2.75) is 12.8 Å². The number of nitro groups is 1. The van der Waals surface area contributed by atoms with Gasteiger partial charge in [-0.05, 0) is 47.6 Å². The molecule has 0 saturated heterocycles. The van der Waals surface area contributed by atoms with Crippen LogP contribution in [0.2, 0.25) is 0 Å². The number of hydrogen-bond acceptors (Lipinski definition) is 4. The summed E-state index contributed by atoms with van der Waals surface area (Å²) in [5.41, 5.74) is 0.705. The number of anilines is 1. The Morgan fingerprint density at radius 1 is 1.47 bits per heavy atom. The minimum absolute atomic E-state index is 0.128. The van der Waals surface area contributed by atoms with Crippen molar-refractivity contribution in [3.05, 3.63) is 31.9 Å². The second-order valence-electron chi connectivity index (χ2n) is 3.55. The Hall–Kier alpha value is -0.890. The fourth-order valence-electron chi connectivity index (χ4n) is 1.40. The summed E-state index contributed by atoms with van der Waals surface area (Å²) in [6, 6.07) is 5.17. The van der Waals surface area contributed by atoms with Crippen molar-refractivity contribution in [1.82, 2.24) is 0 Å². The van der Waals surface area contributed by atoms with Crippen LogP contribution in [0.3, 0.4) is 0 Å². The molecule has 0 aliphatic carbocycles. The molecule has 0 aliphatic heterocycles. The van der Waals surface area contributed by atoms with Crippen molar-refractivity contribution >= 4 is 34.0 Å². The van der Waals surface area contributed by atoms with Gasteiger partial charge in [0.05, 0.1) is 4.92 Å². The van der Waals surface area contributed by atoms with E-state index in [0.29, 0.717) is 12.2 Å². The SMILES string of the molecule is COCCCCNc1ccc(I)cc1[N+](=O)[O-]. The topological polar surface area (TPSA) is 64.4 Å². The first-order valence-electron chi connectivity index (χ1n) is 5.32. The molecule has 0 heterocycles. The van der Waals surface area contributed by atoms with Gasteiger partial charge in [-0.2, -0.15) is 0 Å². The van der Waals surface area contributed by atoms with Gasteiger partial charge in [0.15, 0.2) is 0 Å². The summed E-state index contributed by atoms with van der Waals surface area (Å²) in [5.74, 6) is 0. The Bertz CT molecular complexity index is 385. The summed E-state index contributed by atoms with van der Waals surface area (Å²) in [6.45, 7) is 1.43. The van der Waals surface area contributed by atoms with Gasteiger partial charge in [0.25, 0.3) is 5.69 Å². The molecule has 1 aromatic carbocycles. The first-order valence-corrected chi connectivity index (χ1v) is 6.39. The first kappa shape index (κ1) is 14.2. The lowest BCUT2D eigenvalue weighted by Gasteiger charge is -2.07. The number of nitrogens with one attached hydrogen (secondary N) is 1. The zero-order chi connectivity index (χ0) is 12.7. The van der Waals surface area contributed by atoms with Crippen LogP contribution in [0.5, 0.6) is 0 Å². The summed E-state index contributed by atoms with van der Waals surface area (Å²) >= 11 is 2.06. The van der Waals surface area contributed by atoms with Crippen LogP contribution in [0.1, 0.15) is 12.8 Å². The Labute approximate surface area is 114 Å². The first-order chi connectivity index (χ1) is 8.15. The standard InChI is InChI=1S/C11H15IN2O3/c1-17-7-3-2-6-13-10-5-4-9(12)8-11(10)14(15)16/h4-5,8,13H,2-3,6-7H2,1H3. The highest BCUT2D eigenvalue weighted by Crippen LogP contribution is 2.26. The highest BCUT2D eigenvalue weighted by molar-refractivity contribution is 14.1. The van der Waals surface area contributed by atoms with E-state index < -0.39 is 0 Å². The molecule has 0 radical (unpaired) electrons. The minimum Gasteiger partial charge on any atom is -0.385 e. The lowest BCUT2D eigenvalue weighted by molar-refractivity contribution is -0.384. The van der Waals surface area contributed by atoms with E-state index in [1.54, 1.807) is 19.2 Å². The Kier molecular flexibility index (Phi) is 6.20. The summed E-state index contributed by atoms with van der Waals surface area (Å²) < 4.78 is 5.80. The molecule has 0 fully saturated rings. The fourth-order valence-corrected chi connectivity index (χ4v) is 1.87. The quantitative estimate of drug-likeness (QED) is 0.355. The number of halogens is 1. The average molecular weight is 350 g/mol. The maximum Gasteiger partial charge on any atom is 0.293 e. The second-order valence-corrected chi connectivity index (χ2v) is 4.79. The van der Waals surface area contributed by atoms with E-state index in [-0.39, 0.29) is 10.6 Å². The smallest absolute Gasteiger partial charge is 0.293 e. The molecule has 1 rings (SSSR count). The van der Waals surface area contributed by atoms with E-state index in [9.17, 15) is 10.1 Å². The number of unbranched alkanes of at least 4 members (excludes halogenated alkanes) is 1. The fraction of sp³-hybridized carbons (Fsp3) is 0.455. The van der Waals surface area contributed by atoms with Crippen LogP contribution in [0.15, 0.2) is 18.2 Å². The number of ether oxygens (including phenoxy) is 1. The lowest BCUT2D eigenvalue weighted by Crippen LogP contribution is -2.05. The predicted molar refractivity (Wildman–Crippen MR) is 75.4 cm³/mol. The number of rotatable bonds is 7. The van der Waals surface area contributed by atoms with Gasteiger partial charge in [-0.3, -0.25) is 10.1 Å². The molecule has 17 heavy (non-hydrogen) atoms. The normalized spacial score (nSPS) is 10.2. The molecule has 0 spiro atoms. The van der Waals surface area contributed by atoms with Gasteiger partial charge >= 0.3 is 0 Å². The number of hydrogen-bond donors (Lipinski definition) is 1. The molecule has 0 aliphatic rings. The average Bonchev–Trinajstić information content (AvgIpc) is 2.30. The van der Waals surface area contributed by atoms with Crippen molar-refractivity contribution in [3.8, 4) is 0 Å². The monoisotopic (exact) mass is 350 g/mol. The minimum atomic E-state index is -0.361. The van der Waals surface area contributed by atoms with Gasteiger partial charge in [-0.25, -0.2) is 0 Å². The summed E-state index contributed by atoms with van der Waals surface area (Å²) in [4.78, 5) is 10.5. The molecular formula is C11H15IN2O3. The van der Waals surface area contributed by atoms with Crippen molar-refractivity contribution in [2.75, 3.05) is 25.6 Å². The summed E-state index contributed by atoms with van der Waals surface area (Å²) in [6.07, 6.45) is 1.87. The van der Waals surface area contributed by atoms with Crippen LogP contribution in [0.4, 0.5) is 11.4 Å². The summed E-state index contributed by atoms with van der Waals surface area (Å²) in [7, 11) is 1.66. The molecule has 0 bridgehead atoms. The zero-order valence-electron chi connectivity index (χ0n) is 9.61. The lowest BCUT2D eigenvalue weighted by atomic mass is 10.2. The van der Waals surface area contributed by atoms with Crippen LogP contribution in [-0.4, -0.2) is 25.2 Å². The van der Waals surface area contributed by atoms with Crippen molar-refractivity contribution in [2.24, 2.45) is 0 Å². The molecule has 0 amide bonds. The highest BCUT2D eigenvalue weighted by Gasteiger charge is 2.13. The van der Waals surface area contributed by atoms with Crippen molar-refractivity contribution in [1.29, 1.82) is 0 Å². The van der Waals surface area contributed by atoms with Crippen LogP contribution in [0.25, 0.3) is 0 Å². The van der Waals surface area contributed by atoms with Crippen LogP contribution in [0, 0.1) is 13.7 Å². The molecule has 1 aromatic rings. The van der Waals surface area contributed by atoms with Crippen molar-refractivity contribution < 1.29 is 9.66 Å². The summed E-state index contributed by atoms with van der Waals surface area (Å²) in [5, 5.41) is 13.9. The van der Waals surface area contributed by atoms with E-state index in [1.807, 2.05) is 6.07 Å². The van der Waals surface area contributed by atoms with E-state index in [1.165, 1.54) is 0 Å². The van der Waals surface area contributed by atoms with Crippen LogP contribution < -0.4 is 5.32 Å². The van der Waals surface area contributed by atoms with Gasteiger partial charge in [0.2, 0.25) is 0 Å². The third kappa shape index (κ3) is 4.86. The van der Waals surface area contributed by atoms with Gasteiger partial charge < -0.3 is 10.1 Å². The maximum absolute atomic E-state index is 10.9. The third-order valence-electron chi connectivity index (χ3n) is 2.25. The number of methoxy groups -OCH3 is 1. The predicted octanol–water partition coefficient (Wildman–Crippen LogP) is 3.04. The molecule has 1 N–H and O–H groups in total. The molecule has 94 valence electrons. The Balaban J connectivity index is 2.55. The molecule has 0 atom stereocenters. The Morgan fingerprint density at radius 3 is 2.88 bits per heavy atom. The highest BCUT2D eigenvalue weighted by atomic mass is 127. The molecule has 6 heteroatoms. The largest absolute Gasteiger partial charge is 0.385 e. The molecule has 0 aromatic heterocycles. The van der Waals surface area contributed by atoms with Gasteiger partial charge in [-0.15, -0.1) is 0 Å². The second kappa shape index (κ2) is 7.44. The number of nitro benzene ring substituents is 1. The number of benzene rings is 1. The van der Waals surface area contributed by atoms with E-state index in [4.69, 9.17) is 4.74 Å². The third-order valence-corrected chi connectivity index (χ3v) is 2.92. The van der Waals surface area contributed by atoms with E-state index in [2.05, 4.69) is 27.9 Å². The van der Waals surface area contributed by atoms with E-state index >= 15 is 0 Å². The van der Waals surface area contributed by atoms with Crippen LogP contribution in [-0.2, 0) is 4.74 Å². The maximum atomic E-state index is 10.9. The van der Waals surface area contributed by atoms with Crippen LogP contribution >= 0.6 is 22.6 Å². The van der Waals surface area contributed by atoms with Gasteiger partial charge in [0, 0.05) is 29.9 Å². The molecule has 0 unspecified atom stereocenters. The van der Waals surface area contributed by atoms with E-state index in [0.717, 1.165) is 23.0 Å². The molecule has 0 saturated carbocycles. The van der Waals surface area contributed by atoms with Crippen molar-refractivity contribution in [3.63, 3.8) is 0 Å². The Morgan fingerprint density at radius 2 is 2.24 bits per heavy atom. The molecular weight excluding hydrogens is 335 g/mol. The number of nitrogens with zero attached hydrogens (tertiary/aromatic N) is 1. The zero-order valence-corrected chi connectivity index (χ0v) is 11.8. The van der Waals surface area contributed by atoms with Gasteiger partial charge in [0.1, 0.15) is 5.69 Å². The molecule has 5 nitrogen and oxygen atoms in total.